The zero-order valence-corrected chi connectivity index (χ0v) is 17.0. The normalized spacial score (nSPS) is 10.8. The third-order valence-corrected chi connectivity index (χ3v) is 4.61. The van der Waals surface area contributed by atoms with E-state index in [2.05, 4.69) is 0 Å². The molecule has 0 radical (unpaired) electrons. The number of nitrogens with zero attached hydrogens (tertiary/aromatic N) is 2. The van der Waals surface area contributed by atoms with Crippen LogP contribution in [0.15, 0.2) is 66.7 Å². The van der Waals surface area contributed by atoms with Gasteiger partial charge in [-0.3, -0.25) is 10.1 Å². The van der Waals surface area contributed by atoms with Gasteiger partial charge in [-0.15, -0.1) is 0 Å². The molecule has 3 rings (SSSR count). The number of methoxy groups -OCH3 is 1. The molecule has 1 N–H and O–H groups in total. The Morgan fingerprint density at radius 3 is 2.31 bits per heavy atom. The van der Waals surface area contributed by atoms with Crippen molar-refractivity contribution in [1.29, 1.82) is 5.26 Å². The number of nitro groups is 1. The van der Waals surface area contributed by atoms with Crippen LogP contribution in [-0.2, 0) is 6.61 Å². The largest absolute Gasteiger partial charge is 0.493 e. The van der Waals surface area contributed by atoms with Gasteiger partial charge in [0, 0.05) is 0 Å². The number of nitriles is 1. The van der Waals surface area contributed by atoms with Crippen LogP contribution in [0.2, 0.25) is 0 Å². The van der Waals surface area contributed by atoms with Gasteiger partial charge in [0.25, 0.3) is 5.69 Å². The van der Waals surface area contributed by atoms with Crippen LogP contribution in [0.25, 0.3) is 11.6 Å². The first kappa shape index (κ1) is 22.1. The molecule has 0 amide bonds. The number of nitro benzene ring substituents is 1. The summed E-state index contributed by atoms with van der Waals surface area (Å²) >= 11 is 0. The number of hydrogen-bond acceptors (Lipinski definition) is 6. The number of hydrogen-bond donors (Lipinski definition) is 1. The minimum atomic E-state index is -1.09. The van der Waals surface area contributed by atoms with Gasteiger partial charge in [0.1, 0.15) is 6.61 Å². The quantitative estimate of drug-likeness (QED) is 0.232. The molecule has 0 spiro atoms. The van der Waals surface area contributed by atoms with Gasteiger partial charge in [-0.1, -0.05) is 42.5 Å². The third-order valence-electron chi connectivity index (χ3n) is 4.61. The number of carboxylic acids is 1. The molecule has 0 aromatic heterocycles. The average molecular weight is 430 g/mol. The molecular weight excluding hydrogens is 412 g/mol. The van der Waals surface area contributed by atoms with E-state index in [0.717, 1.165) is 5.56 Å². The van der Waals surface area contributed by atoms with Crippen LogP contribution in [0.1, 0.15) is 27.0 Å². The van der Waals surface area contributed by atoms with Crippen molar-refractivity contribution in [1.82, 2.24) is 0 Å². The predicted molar refractivity (Wildman–Crippen MR) is 117 cm³/mol. The molecule has 0 saturated carbocycles. The van der Waals surface area contributed by atoms with Crippen LogP contribution < -0.4 is 9.47 Å². The summed E-state index contributed by atoms with van der Waals surface area (Å²) in [5, 5.41) is 30.3. The molecule has 0 fully saturated rings. The smallest absolute Gasteiger partial charge is 0.335 e. The van der Waals surface area contributed by atoms with Crippen molar-refractivity contribution in [3.05, 3.63) is 99.1 Å². The predicted octanol–water partition coefficient (Wildman–Crippen LogP) is 4.94. The zero-order chi connectivity index (χ0) is 23.1. The van der Waals surface area contributed by atoms with E-state index in [1.165, 1.54) is 49.6 Å². The Hall–Kier alpha value is -4.64. The Morgan fingerprint density at radius 1 is 1.09 bits per heavy atom. The minimum Gasteiger partial charge on any atom is -0.493 e. The second-order valence-electron chi connectivity index (χ2n) is 6.65. The fraction of sp³-hybridized carbons (Fsp3) is 0.0833. The second kappa shape index (κ2) is 9.91. The van der Waals surface area contributed by atoms with Gasteiger partial charge in [0.2, 0.25) is 0 Å². The first-order chi connectivity index (χ1) is 15.4. The van der Waals surface area contributed by atoms with Crippen molar-refractivity contribution in [2.24, 2.45) is 0 Å². The number of aromatic carboxylic acids is 1. The number of allylic oxidation sites excluding steroid dienone is 1. The lowest BCUT2D eigenvalue weighted by Gasteiger charge is -2.12. The van der Waals surface area contributed by atoms with Gasteiger partial charge in [-0.2, -0.15) is 5.26 Å². The number of rotatable bonds is 8. The molecule has 0 atom stereocenters. The van der Waals surface area contributed by atoms with Gasteiger partial charge in [0.05, 0.1) is 40.9 Å². The van der Waals surface area contributed by atoms with Crippen molar-refractivity contribution in [2.75, 3.05) is 7.11 Å². The van der Waals surface area contributed by atoms with Crippen LogP contribution in [0.3, 0.4) is 0 Å². The molecule has 0 heterocycles. The Bertz CT molecular complexity index is 1210. The molecule has 0 saturated heterocycles. The summed E-state index contributed by atoms with van der Waals surface area (Å²) in [5.41, 5.74) is 1.40. The van der Waals surface area contributed by atoms with E-state index in [-0.39, 0.29) is 40.5 Å². The van der Waals surface area contributed by atoms with Gasteiger partial charge >= 0.3 is 5.97 Å². The molecular formula is C24H18N2O6. The fourth-order valence-corrected chi connectivity index (χ4v) is 2.97. The van der Waals surface area contributed by atoms with Crippen LogP contribution in [0.4, 0.5) is 5.69 Å². The lowest BCUT2D eigenvalue weighted by Crippen LogP contribution is -2.00. The summed E-state index contributed by atoms with van der Waals surface area (Å²) < 4.78 is 11.1. The molecule has 32 heavy (non-hydrogen) atoms. The highest BCUT2D eigenvalue weighted by molar-refractivity contribution is 5.93. The Balaban J connectivity index is 2.00. The van der Waals surface area contributed by atoms with Gasteiger partial charge in [-0.25, -0.2) is 4.79 Å². The molecule has 3 aromatic rings. The SMILES string of the molecule is COc1cc(/C=C(/C#N)c2ccc(C(=O)O)cc2)c([N+](=O)[O-])cc1OCc1ccccc1. The summed E-state index contributed by atoms with van der Waals surface area (Å²) in [5.74, 6) is -0.619. The highest BCUT2D eigenvalue weighted by atomic mass is 16.6. The summed E-state index contributed by atoms with van der Waals surface area (Å²) in [6.45, 7) is 0.197. The highest BCUT2D eigenvalue weighted by Gasteiger charge is 2.20. The zero-order valence-electron chi connectivity index (χ0n) is 17.0. The van der Waals surface area contributed by atoms with E-state index in [1.807, 2.05) is 36.4 Å². The van der Waals surface area contributed by atoms with Gasteiger partial charge in [-0.05, 0) is 35.4 Å². The van der Waals surface area contributed by atoms with Crippen molar-refractivity contribution in [2.45, 2.75) is 6.61 Å². The maximum Gasteiger partial charge on any atom is 0.335 e. The van der Waals surface area contributed by atoms with E-state index < -0.39 is 10.9 Å². The third kappa shape index (κ3) is 5.09. The van der Waals surface area contributed by atoms with Crippen molar-refractivity contribution in [3.63, 3.8) is 0 Å². The Labute approximate surface area is 183 Å². The standard InChI is InChI=1S/C24H18N2O6/c1-31-22-12-19(11-20(14-25)17-7-9-18(10-8-17)24(27)28)21(26(29)30)13-23(22)32-15-16-5-3-2-4-6-16/h2-13H,15H2,1H3,(H,27,28)/b20-11-. The monoisotopic (exact) mass is 430 g/mol. The van der Waals surface area contributed by atoms with Crippen LogP contribution in [0, 0.1) is 21.4 Å². The molecule has 8 nitrogen and oxygen atoms in total. The van der Waals surface area contributed by atoms with E-state index in [9.17, 15) is 20.2 Å². The first-order valence-corrected chi connectivity index (χ1v) is 9.41. The number of carboxylic acid groups (broad SMARTS) is 1. The molecule has 160 valence electrons. The maximum atomic E-state index is 11.7. The Morgan fingerprint density at radius 2 is 1.75 bits per heavy atom. The topological polar surface area (TPSA) is 123 Å². The lowest BCUT2D eigenvalue weighted by molar-refractivity contribution is -0.385. The molecule has 0 aliphatic carbocycles. The van der Waals surface area contributed by atoms with E-state index in [4.69, 9.17) is 14.6 Å². The van der Waals surface area contributed by atoms with Crippen LogP contribution in [-0.4, -0.2) is 23.1 Å². The number of carbonyl (C=O) groups is 1. The Kier molecular flexibility index (Phi) is 6.83. The summed E-state index contributed by atoms with van der Waals surface area (Å²) in [6.07, 6.45) is 1.36. The fourth-order valence-electron chi connectivity index (χ4n) is 2.97. The van der Waals surface area contributed by atoms with Crippen molar-refractivity contribution < 1.29 is 24.3 Å². The maximum absolute atomic E-state index is 11.7. The van der Waals surface area contributed by atoms with Gasteiger partial charge < -0.3 is 14.6 Å². The summed E-state index contributed by atoms with van der Waals surface area (Å²) in [7, 11) is 1.42. The first-order valence-electron chi connectivity index (χ1n) is 9.41. The molecule has 0 unspecified atom stereocenters. The minimum absolute atomic E-state index is 0.0682. The summed E-state index contributed by atoms with van der Waals surface area (Å²) in [4.78, 5) is 22.2. The average Bonchev–Trinajstić information content (AvgIpc) is 2.81. The molecule has 0 bridgehead atoms. The summed E-state index contributed by atoms with van der Waals surface area (Å²) in [6, 6.07) is 19.7. The van der Waals surface area contributed by atoms with Crippen LogP contribution >= 0.6 is 0 Å². The van der Waals surface area contributed by atoms with E-state index in [0.29, 0.717) is 5.56 Å². The highest BCUT2D eigenvalue weighted by Crippen LogP contribution is 2.37. The van der Waals surface area contributed by atoms with Crippen molar-refractivity contribution >= 4 is 23.3 Å². The molecule has 8 heteroatoms. The second-order valence-corrected chi connectivity index (χ2v) is 6.65. The van der Waals surface area contributed by atoms with Crippen molar-refractivity contribution in [3.8, 4) is 17.6 Å². The number of ether oxygens (including phenoxy) is 2. The molecule has 0 aliphatic rings. The van der Waals surface area contributed by atoms with Gasteiger partial charge in [0.15, 0.2) is 11.5 Å². The van der Waals surface area contributed by atoms with E-state index >= 15 is 0 Å². The van der Waals surface area contributed by atoms with E-state index in [1.54, 1.807) is 0 Å². The molecule has 3 aromatic carbocycles. The molecule has 0 aliphatic heterocycles. The van der Waals surface area contributed by atoms with Crippen LogP contribution in [0.5, 0.6) is 11.5 Å². The number of benzene rings is 3. The lowest BCUT2D eigenvalue weighted by atomic mass is 10.0.